The molecule has 1 aliphatic rings. The molecule has 0 aliphatic heterocycles. The zero-order chi connectivity index (χ0) is 11.1. The van der Waals surface area contributed by atoms with Crippen molar-refractivity contribution in [3.63, 3.8) is 0 Å². The molecule has 88 valence electrons. The lowest BCUT2D eigenvalue weighted by Crippen LogP contribution is -3.18. The summed E-state index contributed by atoms with van der Waals surface area (Å²) in [5, 5.41) is 0. The van der Waals surface area contributed by atoms with Crippen LogP contribution in [0.1, 0.15) is 26.2 Å². The van der Waals surface area contributed by atoms with E-state index in [0.29, 0.717) is 0 Å². The van der Waals surface area contributed by atoms with Crippen LogP contribution in [0.2, 0.25) is 0 Å². The fourth-order valence-electron chi connectivity index (χ4n) is 2.30. The van der Waals surface area contributed by atoms with Gasteiger partial charge in [0.2, 0.25) is 0 Å². The third-order valence-electron chi connectivity index (χ3n) is 3.43. The fourth-order valence-corrected chi connectivity index (χ4v) is 2.30. The molecular formula is C13H28N2+2. The van der Waals surface area contributed by atoms with Crippen LogP contribution in [0.3, 0.4) is 0 Å². The van der Waals surface area contributed by atoms with Gasteiger partial charge in [-0.1, -0.05) is 12.2 Å². The lowest BCUT2D eigenvalue weighted by Gasteiger charge is -2.24. The Labute approximate surface area is 94.9 Å². The molecule has 0 aromatic heterocycles. The molecule has 1 aliphatic carbocycles. The Morgan fingerprint density at radius 2 is 2.00 bits per heavy atom. The van der Waals surface area contributed by atoms with E-state index in [9.17, 15) is 0 Å². The standard InChI is InChI=1S/C13H26N2/c1-4-15(11-10-14(2)3)12-13-8-6-5-7-9-13/h5-6,13H,4,7-12H2,1-3H3/p+2/t13-/m1/s1. The van der Waals surface area contributed by atoms with Gasteiger partial charge in [0, 0.05) is 5.92 Å². The summed E-state index contributed by atoms with van der Waals surface area (Å²) >= 11 is 0. The molecule has 1 rings (SSSR count). The van der Waals surface area contributed by atoms with Crippen LogP contribution in [0.25, 0.3) is 0 Å². The average molecular weight is 212 g/mol. The van der Waals surface area contributed by atoms with Crippen LogP contribution in [-0.4, -0.2) is 40.3 Å². The van der Waals surface area contributed by atoms with Gasteiger partial charge in [-0.2, -0.15) is 0 Å². The molecule has 0 saturated heterocycles. The van der Waals surface area contributed by atoms with E-state index in [1.807, 2.05) is 0 Å². The van der Waals surface area contributed by atoms with Crippen LogP contribution >= 0.6 is 0 Å². The summed E-state index contributed by atoms with van der Waals surface area (Å²) in [4.78, 5) is 3.36. The number of nitrogens with one attached hydrogen (secondary N) is 2. The average Bonchev–Trinajstić information content (AvgIpc) is 2.25. The summed E-state index contributed by atoms with van der Waals surface area (Å²) in [5.41, 5.74) is 0. The van der Waals surface area contributed by atoms with E-state index in [1.165, 1.54) is 45.4 Å². The minimum Gasteiger partial charge on any atom is -0.335 e. The molecule has 0 saturated carbocycles. The lowest BCUT2D eigenvalue weighted by molar-refractivity contribution is -0.942. The largest absolute Gasteiger partial charge is 0.335 e. The molecule has 15 heavy (non-hydrogen) atoms. The first kappa shape index (κ1) is 12.7. The van der Waals surface area contributed by atoms with E-state index in [1.54, 1.807) is 9.80 Å². The highest BCUT2D eigenvalue weighted by atomic mass is 15.2. The van der Waals surface area contributed by atoms with E-state index in [2.05, 4.69) is 33.2 Å². The molecule has 2 N–H and O–H groups in total. The summed E-state index contributed by atoms with van der Waals surface area (Å²) in [6.45, 7) is 7.62. The van der Waals surface area contributed by atoms with Gasteiger partial charge in [0.25, 0.3) is 0 Å². The SMILES string of the molecule is CC[NH+](CC[NH+](C)C)C[C@@H]1CC=CCC1. The maximum Gasteiger partial charge on any atom is 0.127 e. The zero-order valence-electron chi connectivity index (χ0n) is 10.7. The maximum atomic E-state index is 2.37. The number of hydrogen-bond acceptors (Lipinski definition) is 0. The highest BCUT2D eigenvalue weighted by molar-refractivity contribution is 4.89. The number of rotatable bonds is 6. The summed E-state index contributed by atoms with van der Waals surface area (Å²) in [5.74, 6) is 0.946. The van der Waals surface area contributed by atoms with Crippen molar-refractivity contribution in [2.75, 3.05) is 40.3 Å². The quantitative estimate of drug-likeness (QED) is 0.544. The summed E-state index contributed by atoms with van der Waals surface area (Å²) in [7, 11) is 4.49. The second-order valence-electron chi connectivity index (χ2n) is 5.17. The van der Waals surface area contributed by atoms with Crippen LogP contribution in [0.4, 0.5) is 0 Å². The molecule has 0 amide bonds. The van der Waals surface area contributed by atoms with E-state index in [-0.39, 0.29) is 0 Å². The van der Waals surface area contributed by atoms with Gasteiger partial charge in [-0.3, -0.25) is 0 Å². The molecule has 0 bridgehead atoms. The first-order valence-electron chi connectivity index (χ1n) is 6.50. The Balaban J connectivity index is 2.23. The Morgan fingerprint density at radius 1 is 1.20 bits per heavy atom. The molecule has 0 aromatic carbocycles. The number of hydrogen-bond donors (Lipinski definition) is 2. The monoisotopic (exact) mass is 212 g/mol. The van der Waals surface area contributed by atoms with Gasteiger partial charge >= 0.3 is 0 Å². The van der Waals surface area contributed by atoms with E-state index >= 15 is 0 Å². The van der Waals surface area contributed by atoms with E-state index in [4.69, 9.17) is 0 Å². The number of likely N-dealkylation sites (N-methyl/N-ethyl adjacent to an activating group) is 2. The molecule has 2 nitrogen and oxygen atoms in total. The van der Waals surface area contributed by atoms with Crippen LogP contribution in [0, 0.1) is 5.92 Å². The third-order valence-corrected chi connectivity index (χ3v) is 3.43. The Morgan fingerprint density at radius 3 is 2.53 bits per heavy atom. The topological polar surface area (TPSA) is 8.88 Å². The first-order valence-corrected chi connectivity index (χ1v) is 6.50. The third kappa shape index (κ3) is 5.33. The molecular weight excluding hydrogens is 184 g/mol. The van der Waals surface area contributed by atoms with Crippen molar-refractivity contribution >= 4 is 0 Å². The fraction of sp³-hybridized carbons (Fsp3) is 0.846. The number of quaternary nitrogens is 2. The Hall–Kier alpha value is -0.340. The maximum absolute atomic E-state index is 2.37. The van der Waals surface area contributed by atoms with Crippen LogP contribution < -0.4 is 9.80 Å². The van der Waals surface area contributed by atoms with Gasteiger partial charge in [0.1, 0.15) is 13.1 Å². The summed E-state index contributed by atoms with van der Waals surface area (Å²) in [6, 6.07) is 0. The zero-order valence-corrected chi connectivity index (χ0v) is 10.7. The van der Waals surface area contributed by atoms with Crippen molar-refractivity contribution in [1.82, 2.24) is 0 Å². The van der Waals surface area contributed by atoms with Gasteiger partial charge in [-0.25, -0.2) is 0 Å². The molecule has 1 unspecified atom stereocenters. The van der Waals surface area contributed by atoms with Crippen LogP contribution in [-0.2, 0) is 0 Å². The van der Waals surface area contributed by atoms with Crippen LogP contribution in [0.5, 0.6) is 0 Å². The summed E-state index contributed by atoms with van der Waals surface area (Å²) < 4.78 is 0. The Bertz CT molecular complexity index is 187. The van der Waals surface area contributed by atoms with Crippen molar-refractivity contribution in [3.8, 4) is 0 Å². The van der Waals surface area contributed by atoms with Crippen molar-refractivity contribution in [3.05, 3.63) is 12.2 Å². The van der Waals surface area contributed by atoms with Crippen molar-refractivity contribution < 1.29 is 9.80 Å². The van der Waals surface area contributed by atoms with Gasteiger partial charge in [0.15, 0.2) is 0 Å². The second kappa shape index (κ2) is 7.02. The smallest absolute Gasteiger partial charge is 0.127 e. The Kier molecular flexibility index (Phi) is 5.96. The van der Waals surface area contributed by atoms with Gasteiger partial charge < -0.3 is 9.80 Å². The molecule has 0 radical (unpaired) electrons. The second-order valence-corrected chi connectivity index (χ2v) is 5.17. The normalized spacial score (nSPS) is 23.3. The molecule has 2 atom stereocenters. The van der Waals surface area contributed by atoms with Crippen molar-refractivity contribution in [2.24, 2.45) is 5.92 Å². The van der Waals surface area contributed by atoms with Gasteiger partial charge in [-0.15, -0.1) is 0 Å². The minimum absolute atomic E-state index is 0.946. The van der Waals surface area contributed by atoms with Gasteiger partial charge in [0.05, 0.1) is 27.2 Å². The van der Waals surface area contributed by atoms with Crippen LogP contribution in [0.15, 0.2) is 12.2 Å². The molecule has 0 fully saturated rings. The van der Waals surface area contributed by atoms with E-state index in [0.717, 1.165) is 5.92 Å². The first-order chi connectivity index (χ1) is 7.22. The molecule has 2 heteroatoms. The predicted molar refractivity (Wildman–Crippen MR) is 65.4 cm³/mol. The van der Waals surface area contributed by atoms with E-state index < -0.39 is 0 Å². The molecule has 0 spiro atoms. The van der Waals surface area contributed by atoms with Gasteiger partial charge in [-0.05, 0) is 26.2 Å². The number of allylic oxidation sites excluding steroid dienone is 2. The molecule has 0 aromatic rings. The molecule has 0 heterocycles. The highest BCUT2D eigenvalue weighted by Crippen LogP contribution is 2.15. The lowest BCUT2D eigenvalue weighted by atomic mass is 9.94. The summed E-state index contributed by atoms with van der Waals surface area (Å²) in [6.07, 6.45) is 8.75. The highest BCUT2D eigenvalue weighted by Gasteiger charge is 2.17. The minimum atomic E-state index is 0.946. The van der Waals surface area contributed by atoms with Crippen molar-refractivity contribution in [1.29, 1.82) is 0 Å². The van der Waals surface area contributed by atoms with Crippen molar-refractivity contribution in [2.45, 2.75) is 26.2 Å². The predicted octanol–water partition coefficient (Wildman–Crippen LogP) is -0.608.